The van der Waals surface area contributed by atoms with Crippen molar-refractivity contribution in [1.82, 2.24) is 5.32 Å². The van der Waals surface area contributed by atoms with Crippen LogP contribution in [0.3, 0.4) is 0 Å². The van der Waals surface area contributed by atoms with Gasteiger partial charge in [-0.3, -0.25) is 4.79 Å². The molecule has 1 aromatic rings. The van der Waals surface area contributed by atoms with E-state index in [4.69, 9.17) is 5.73 Å². The molecule has 1 amide bonds. The van der Waals surface area contributed by atoms with Crippen molar-refractivity contribution in [2.45, 2.75) is 0 Å². The lowest BCUT2D eigenvalue weighted by Crippen LogP contribution is -2.25. The van der Waals surface area contributed by atoms with E-state index < -0.39 is 0 Å². The Balaban J connectivity index is 2.45. The zero-order valence-corrected chi connectivity index (χ0v) is 7.23. The van der Waals surface area contributed by atoms with E-state index in [1.54, 1.807) is 6.20 Å². The largest absolute Gasteiger partial charge is 0.332 e. The van der Waals surface area contributed by atoms with Gasteiger partial charge in [0, 0.05) is 6.20 Å². The van der Waals surface area contributed by atoms with E-state index >= 15 is 0 Å². The highest BCUT2D eigenvalue weighted by atomic mass is 16.1. The highest BCUT2D eigenvalue weighted by molar-refractivity contribution is 5.79. The molecule has 0 heterocycles. The third-order valence-electron chi connectivity index (χ3n) is 1.51. The zero-order valence-electron chi connectivity index (χ0n) is 7.23. The van der Waals surface area contributed by atoms with Crippen LogP contribution in [0.25, 0.3) is 6.08 Å². The van der Waals surface area contributed by atoms with Gasteiger partial charge in [0.1, 0.15) is 0 Å². The molecule has 0 radical (unpaired) electrons. The minimum absolute atomic E-state index is 0.0130. The summed E-state index contributed by atoms with van der Waals surface area (Å²) in [7, 11) is 0. The van der Waals surface area contributed by atoms with Crippen LogP contribution in [0.5, 0.6) is 0 Å². The molecule has 3 nitrogen and oxygen atoms in total. The molecule has 0 bridgehead atoms. The molecule has 0 spiro atoms. The average Bonchev–Trinajstić information content (AvgIpc) is 2.19. The minimum Gasteiger partial charge on any atom is -0.332 e. The van der Waals surface area contributed by atoms with E-state index in [2.05, 4.69) is 5.32 Å². The summed E-state index contributed by atoms with van der Waals surface area (Å²) in [5, 5.41) is 2.54. The molecule has 0 saturated heterocycles. The molecule has 0 aliphatic heterocycles. The van der Waals surface area contributed by atoms with Crippen LogP contribution in [-0.4, -0.2) is 12.5 Å². The molecule has 0 aromatic heterocycles. The number of carbonyl (C=O) groups is 1. The number of rotatable bonds is 3. The molecular weight excluding hydrogens is 164 g/mol. The first-order valence-corrected chi connectivity index (χ1v) is 4.04. The summed E-state index contributed by atoms with van der Waals surface area (Å²) >= 11 is 0. The predicted octanol–water partition coefficient (Wildman–Crippen LogP) is 0.732. The van der Waals surface area contributed by atoms with Crippen molar-refractivity contribution in [3.63, 3.8) is 0 Å². The summed E-state index contributed by atoms with van der Waals surface area (Å²) in [5.41, 5.74) is 6.15. The predicted molar refractivity (Wildman–Crippen MR) is 52.7 cm³/mol. The molecule has 3 N–H and O–H groups in total. The first-order valence-electron chi connectivity index (χ1n) is 4.04. The number of carbonyl (C=O) groups excluding carboxylic acids is 1. The molecule has 0 unspecified atom stereocenters. The van der Waals surface area contributed by atoms with Crippen LogP contribution in [0.2, 0.25) is 0 Å². The quantitative estimate of drug-likeness (QED) is 0.713. The second kappa shape index (κ2) is 5.11. The standard InChI is InChI=1S/C10H12N2O/c11-8-10(13)12-7-6-9-4-2-1-3-5-9/h1-7H,8,11H2,(H,12,13). The van der Waals surface area contributed by atoms with Gasteiger partial charge in [-0.05, 0) is 11.6 Å². The van der Waals surface area contributed by atoms with Gasteiger partial charge in [-0.15, -0.1) is 0 Å². The zero-order chi connectivity index (χ0) is 9.52. The smallest absolute Gasteiger partial charge is 0.237 e. The summed E-state index contributed by atoms with van der Waals surface area (Å²) in [6.07, 6.45) is 3.40. The number of nitrogens with one attached hydrogen (secondary N) is 1. The van der Waals surface area contributed by atoms with Gasteiger partial charge in [0.05, 0.1) is 6.54 Å². The van der Waals surface area contributed by atoms with Crippen LogP contribution in [0.1, 0.15) is 5.56 Å². The second-order valence-corrected chi connectivity index (χ2v) is 2.52. The average molecular weight is 176 g/mol. The molecule has 13 heavy (non-hydrogen) atoms. The van der Waals surface area contributed by atoms with E-state index in [1.165, 1.54) is 0 Å². The first kappa shape index (κ1) is 9.48. The highest BCUT2D eigenvalue weighted by Gasteiger charge is 1.89. The Hall–Kier alpha value is -1.61. The van der Waals surface area contributed by atoms with Crippen molar-refractivity contribution in [3.05, 3.63) is 42.1 Å². The van der Waals surface area contributed by atoms with Crippen LogP contribution in [0.15, 0.2) is 36.5 Å². The minimum atomic E-state index is -0.188. The monoisotopic (exact) mass is 176 g/mol. The summed E-state index contributed by atoms with van der Waals surface area (Å²) in [6, 6.07) is 9.71. The Bertz CT molecular complexity index is 293. The van der Waals surface area contributed by atoms with Crippen molar-refractivity contribution in [2.24, 2.45) is 5.73 Å². The van der Waals surface area contributed by atoms with E-state index in [-0.39, 0.29) is 12.5 Å². The molecule has 3 heteroatoms. The third kappa shape index (κ3) is 3.53. The Kier molecular flexibility index (Phi) is 3.73. The van der Waals surface area contributed by atoms with Crippen molar-refractivity contribution in [2.75, 3.05) is 6.54 Å². The van der Waals surface area contributed by atoms with E-state index in [1.807, 2.05) is 36.4 Å². The number of hydrogen-bond acceptors (Lipinski definition) is 2. The first-order chi connectivity index (χ1) is 6.33. The van der Waals surface area contributed by atoms with Gasteiger partial charge < -0.3 is 11.1 Å². The van der Waals surface area contributed by atoms with E-state index in [9.17, 15) is 4.79 Å². The van der Waals surface area contributed by atoms with Crippen molar-refractivity contribution in [1.29, 1.82) is 0 Å². The highest BCUT2D eigenvalue weighted by Crippen LogP contribution is 1.99. The molecule has 0 aliphatic carbocycles. The van der Waals surface area contributed by atoms with Gasteiger partial charge in [0.25, 0.3) is 0 Å². The van der Waals surface area contributed by atoms with Gasteiger partial charge in [0.15, 0.2) is 0 Å². The summed E-state index contributed by atoms with van der Waals surface area (Å²) in [5.74, 6) is -0.188. The second-order valence-electron chi connectivity index (χ2n) is 2.52. The Labute approximate surface area is 77.3 Å². The third-order valence-corrected chi connectivity index (χ3v) is 1.51. The fourth-order valence-electron chi connectivity index (χ4n) is 0.854. The van der Waals surface area contributed by atoms with Crippen LogP contribution in [0.4, 0.5) is 0 Å². The summed E-state index contributed by atoms with van der Waals surface area (Å²) in [4.78, 5) is 10.7. The molecule has 68 valence electrons. The summed E-state index contributed by atoms with van der Waals surface area (Å²) in [6.45, 7) is 0.0130. The van der Waals surface area contributed by atoms with Gasteiger partial charge in [-0.1, -0.05) is 30.3 Å². The number of hydrogen-bond donors (Lipinski definition) is 2. The Morgan fingerprint density at radius 2 is 2.08 bits per heavy atom. The Morgan fingerprint density at radius 1 is 1.38 bits per heavy atom. The van der Waals surface area contributed by atoms with Crippen LogP contribution >= 0.6 is 0 Å². The maximum absolute atomic E-state index is 10.7. The Morgan fingerprint density at radius 3 is 2.69 bits per heavy atom. The lowest BCUT2D eigenvalue weighted by molar-refractivity contribution is -0.118. The lowest BCUT2D eigenvalue weighted by atomic mass is 10.2. The van der Waals surface area contributed by atoms with Crippen molar-refractivity contribution >= 4 is 12.0 Å². The fourth-order valence-corrected chi connectivity index (χ4v) is 0.854. The van der Waals surface area contributed by atoms with Crippen LogP contribution < -0.4 is 11.1 Å². The topological polar surface area (TPSA) is 55.1 Å². The summed E-state index contributed by atoms with van der Waals surface area (Å²) < 4.78 is 0. The van der Waals surface area contributed by atoms with Crippen LogP contribution in [0, 0.1) is 0 Å². The molecule has 1 rings (SSSR count). The number of amides is 1. The van der Waals surface area contributed by atoms with Crippen LogP contribution in [-0.2, 0) is 4.79 Å². The van der Waals surface area contributed by atoms with E-state index in [0.717, 1.165) is 5.56 Å². The molecular formula is C10H12N2O. The normalized spacial score (nSPS) is 10.2. The maximum Gasteiger partial charge on any atom is 0.237 e. The van der Waals surface area contributed by atoms with Gasteiger partial charge in [0.2, 0.25) is 5.91 Å². The van der Waals surface area contributed by atoms with Gasteiger partial charge >= 0.3 is 0 Å². The van der Waals surface area contributed by atoms with E-state index in [0.29, 0.717) is 0 Å². The molecule has 0 aliphatic rings. The molecule has 0 atom stereocenters. The number of benzene rings is 1. The van der Waals surface area contributed by atoms with Gasteiger partial charge in [-0.25, -0.2) is 0 Å². The van der Waals surface area contributed by atoms with Crippen molar-refractivity contribution < 1.29 is 4.79 Å². The molecule has 1 aromatic carbocycles. The molecule has 0 saturated carbocycles. The maximum atomic E-state index is 10.7. The van der Waals surface area contributed by atoms with Crippen molar-refractivity contribution in [3.8, 4) is 0 Å². The molecule has 0 fully saturated rings. The fraction of sp³-hybridized carbons (Fsp3) is 0.100. The number of nitrogens with two attached hydrogens (primary N) is 1. The lowest BCUT2D eigenvalue weighted by Gasteiger charge is -1.94. The van der Waals surface area contributed by atoms with Gasteiger partial charge in [-0.2, -0.15) is 0 Å². The SMILES string of the molecule is NCC(=O)NC=Cc1ccccc1.